The number of rotatable bonds is 2. The highest BCUT2D eigenvalue weighted by Crippen LogP contribution is 2.10. The van der Waals surface area contributed by atoms with E-state index in [0.717, 1.165) is 5.69 Å². The van der Waals surface area contributed by atoms with E-state index >= 15 is 0 Å². The lowest BCUT2D eigenvalue weighted by molar-refractivity contribution is 0.177. The van der Waals surface area contributed by atoms with E-state index in [1.165, 1.54) is 5.56 Å². The number of anilines is 1. The first kappa shape index (κ1) is 8.87. The Balaban J connectivity index is 1.97. The highest BCUT2D eigenvalue weighted by Gasteiger charge is 2.21. The van der Waals surface area contributed by atoms with Crippen molar-refractivity contribution >= 4 is 11.8 Å². The van der Waals surface area contributed by atoms with Gasteiger partial charge in [-0.15, -0.1) is 0 Å². The highest BCUT2D eigenvalue weighted by atomic mass is 16.6. The van der Waals surface area contributed by atoms with Gasteiger partial charge in [0.05, 0.1) is 0 Å². The van der Waals surface area contributed by atoms with Crippen molar-refractivity contribution in [2.75, 3.05) is 11.9 Å². The maximum atomic E-state index is 10.7. The molecule has 0 spiro atoms. The molecule has 0 saturated carbocycles. The van der Waals surface area contributed by atoms with Crippen LogP contribution in [0.2, 0.25) is 0 Å². The number of cyclic esters (lactones) is 1. The Labute approximate surface area is 82.3 Å². The number of amides is 1. The fourth-order valence-electron chi connectivity index (χ4n) is 1.31. The summed E-state index contributed by atoms with van der Waals surface area (Å²) in [6.45, 7) is 2.40. The van der Waals surface area contributed by atoms with E-state index in [9.17, 15) is 4.79 Å². The van der Waals surface area contributed by atoms with Crippen LogP contribution in [0.15, 0.2) is 24.3 Å². The van der Waals surface area contributed by atoms with Gasteiger partial charge in [0, 0.05) is 5.69 Å². The Kier molecular flexibility index (Phi) is 2.26. The monoisotopic (exact) mass is 192 g/mol. The maximum Gasteiger partial charge on any atom is 0.409 e. The molecule has 1 aromatic carbocycles. The van der Waals surface area contributed by atoms with E-state index in [1.807, 2.05) is 31.2 Å². The molecule has 1 aliphatic rings. The average Bonchev–Trinajstić information content (AvgIpc) is 2.56. The van der Waals surface area contributed by atoms with Crippen LogP contribution in [-0.4, -0.2) is 18.9 Å². The molecule has 1 saturated heterocycles. The number of aryl methyl sites for hydroxylation is 1. The minimum atomic E-state index is -0.366. The van der Waals surface area contributed by atoms with Crippen molar-refractivity contribution in [3.63, 3.8) is 0 Å². The Morgan fingerprint density at radius 1 is 1.43 bits per heavy atom. The van der Waals surface area contributed by atoms with E-state index in [1.54, 1.807) is 0 Å². The smallest absolute Gasteiger partial charge is 0.409 e. The van der Waals surface area contributed by atoms with Gasteiger partial charge in [0.1, 0.15) is 12.8 Å². The van der Waals surface area contributed by atoms with Gasteiger partial charge in [-0.25, -0.2) is 4.79 Å². The first-order valence-corrected chi connectivity index (χ1v) is 4.50. The summed E-state index contributed by atoms with van der Waals surface area (Å²) >= 11 is 0. The van der Waals surface area contributed by atoms with Gasteiger partial charge >= 0.3 is 6.09 Å². The topological polar surface area (TPSA) is 50.4 Å². The predicted molar refractivity (Wildman–Crippen MR) is 53.1 cm³/mol. The zero-order chi connectivity index (χ0) is 9.97. The SMILES string of the molecule is Cc1ccc(NC2COC(=O)N2)cc1. The van der Waals surface area contributed by atoms with Crippen LogP contribution in [0.3, 0.4) is 0 Å². The third-order valence-electron chi connectivity index (χ3n) is 2.07. The van der Waals surface area contributed by atoms with Gasteiger partial charge < -0.3 is 10.1 Å². The number of alkyl carbamates (subject to hydrolysis) is 1. The van der Waals surface area contributed by atoms with E-state index < -0.39 is 0 Å². The van der Waals surface area contributed by atoms with Gasteiger partial charge in [-0.2, -0.15) is 0 Å². The second-order valence-electron chi connectivity index (χ2n) is 3.31. The largest absolute Gasteiger partial charge is 0.445 e. The lowest BCUT2D eigenvalue weighted by atomic mass is 10.2. The molecular formula is C10H12N2O2. The highest BCUT2D eigenvalue weighted by molar-refractivity contribution is 5.70. The number of hydrogen-bond acceptors (Lipinski definition) is 3. The number of hydrogen-bond donors (Lipinski definition) is 2. The Morgan fingerprint density at radius 3 is 2.71 bits per heavy atom. The molecule has 2 rings (SSSR count). The third kappa shape index (κ3) is 1.96. The van der Waals surface area contributed by atoms with Crippen molar-refractivity contribution in [1.29, 1.82) is 0 Å². The first-order valence-electron chi connectivity index (χ1n) is 4.50. The zero-order valence-corrected chi connectivity index (χ0v) is 7.91. The molecule has 0 aromatic heterocycles. The molecule has 0 radical (unpaired) electrons. The van der Waals surface area contributed by atoms with E-state index in [-0.39, 0.29) is 12.3 Å². The fraction of sp³-hybridized carbons (Fsp3) is 0.300. The van der Waals surface area contributed by atoms with Crippen molar-refractivity contribution in [2.24, 2.45) is 0 Å². The summed E-state index contributed by atoms with van der Waals surface area (Å²) in [6, 6.07) is 7.97. The molecule has 4 heteroatoms. The standard InChI is InChI=1S/C10H12N2O2/c1-7-2-4-8(5-3-7)11-9-6-14-10(13)12-9/h2-5,9,11H,6H2,1H3,(H,12,13). The fourth-order valence-corrected chi connectivity index (χ4v) is 1.31. The molecule has 1 aromatic rings. The molecule has 1 amide bonds. The van der Waals surface area contributed by atoms with Crippen LogP contribution >= 0.6 is 0 Å². The minimum Gasteiger partial charge on any atom is -0.445 e. The summed E-state index contributed by atoms with van der Waals surface area (Å²) in [5, 5.41) is 5.79. The van der Waals surface area contributed by atoms with Crippen LogP contribution in [0.4, 0.5) is 10.5 Å². The number of ether oxygens (including phenoxy) is 1. The van der Waals surface area contributed by atoms with Crippen LogP contribution in [0.1, 0.15) is 5.56 Å². The molecule has 1 aliphatic heterocycles. The molecule has 0 aliphatic carbocycles. The summed E-state index contributed by atoms with van der Waals surface area (Å²) in [6.07, 6.45) is -0.486. The molecular weight excluding hydrogens is 180 g/mol. The molecule has 1 heterocycles. The summed E-state index contributed by atoms with van der Waals surface area (Å²) in [7, 11) is 0. The van der Waals surface area contributed by atoms with Crippen LogP contribution in [0.25, 0.3) is 0 Å². The summed E-state index contributed by atoms with van der Waals surface area (Å²) in [5.74, 6) is 0. The Bertz CT molecular complexity index is 334. The van der Waals surface area contributed by atoms with Gasteiger partial charge in [-0.3, -0.25) is 5.32 Å². The second-order valence-corrected chi connectivity index (χ2v) is 3.31. The third-order valence-corrected chi connectivity index (χ3v) is 2.07. The molecule has 74 valence electrons. The Morgan fingerprint density at radius 2 is 2.14 bits per heavy atom. The zero-order valence-electron chi connectivity index (χ0n) is 7.91. The van der Waals surface area contributed by atoms with Gasteiger partial charge in [0.25, 0.3) is 0 Å². The molecule has 14 heavy (non-hydrogen) atoms. The van der Waals surface area contributed by atoms with Gasteiger partial charge in [-0.1, -0.05) is 17.7 Å². The predicted octanol–water partition coefficient (Wildman–Crippen LogP) is 1.47. The van der Waals surface area contributed by atoms with Crippen molar-refractivity contribution in [3.8, 4) is 0 Å². The van der Waals surface area contributed by atoms with Crippen molar-refractivity contribution in [2.45, 2.75) is 13.1 Å². The van der Waals surface area contributed by atoms with E-state index in [0.29, 0.717) is 6.61 Å². The molecule has 1 fully saturated rings. The number of benzene rings is 1. The lowest BCUT2D eigenvalue weighted by Gasteiger charge is -2.11. The summed E-state index contributed by atoms with van der Waals surface area (Å²) in [4.78, 5) is 10.7. The number of nitrogens with one attached hydrogen (secondary N) is 2. The second kappa shape index (κ2) is 3.57. The first-order chi connectivity index (χ1) is 6.74. The van der Waals surface area contributed by atoms with Crippen LogP contribution in [0, 0.1) is 6.92 Å². The molecule has 1 unspecified atom stereocenters. The number of carbonyl (C=O) groups excluding carboxylic acids is 1. The molecule has 2 N–H and O–H groups in total. The lowest BCUT2D eigenvalue weighted by Crippen LogP contribution is -2.33. The van der Waals surface area contributed by atoms with Gasteiger partial charge in [-0.05, 0) is 19.1 Å². The van der Waals surface area contributed by atoms with Crippen LogP contribution in [-0.2, 0) is 4.74 Å². The summed E-state index contributed by atoms with van der Waals surface area (Å²) in [5.41, 5.74) is 2.19. The van der Waals surface area contributed by atoms with Crippen molar-refractivity contribution in [1.82, 2.24) is 5.32 Å². The van der Waals surface area contributed by atoms with Crippen LogP contribution in [0.5, 0.6) is 0 Å². The van der Waals surface area contributed by atoms with Gasteiger partial charge in [0.15, 0.2) is 0 Å². The van der Waals surface area contributed by atoms with Gasteiger partial charge in [0.2, 0.25) is 0 Å². The van der Waals surface area contributed by atoms with E-state index in [2.05, 4.69) is 10.6 Å². The van der Waals surface area contributed by atoms with Crippen molar-refractivity contribution < 1.29 is 9.53 Å². The average molecular weight is 192 g/mol. The van der Waals surface area contributed by atoms with Crippen molar-refractivity contribution in [3.05, 3.63) is 29.8 Å². The molecule has 1 atom stereocenters. The maximum absolute atomic E-state index is 10.7. The van der Waals surface area contributed by atoms with Crippen LogP contribution < -0.4 is 10.6 Å². The molecule has 4 nitrogen and oxygen atoms in total. The number of carbonyl (C=O) groups is 1. The minimum absolute atomic E-state index is 0.120. The quantitative estimate of drug-likeness (QED) is 0.746. The summed E-state index contributed by atoms with van der Waals surface area (Å²) < 4.78 is 4.75. The molecule has 0 bridgehead atoms. The normalized spacial score (nSPS) is 20.1. The van der Waals surface area contributed by atoms with E-state index in [4.69, 9.17) is 4.74 Å². The Hall–Kier alpha value is -1.71.